The van der Waals surface area contributed by atoms with Gasteiger partial charge in [-0.05, 0) is 51.4 Å². The van der Waals surface area contributed by atoms with Crippen LogP contribution in [0.2, 0.25) is 0 Å². The standard InChI is InChI=1S/C44H82NO6PS/c1-6-8-10-12-14-16-18-20-22-23-24-25-27-29-31-33-35-37-44(46)53-43(42-51-52(47,48)50-40-38-45(3,4)5)41-49-39-36-34-32-30-28-26-21-19-17-15-13-11-9-7-2/h14,16,20,22,24-25,29,31,43H,6-13,15,17-19,21,23,26-28,30,32-42H2,1-5H3/p+1/b16-14+,22-20+,25-24+,31-29+/t43-/m0/s1. The quantitative estimate of drug-likeness (QED) is 0.0288. The second-order valence-corrected chi connectivity index (χ2v) is 18.2. The lowest BCUT2D eigenvalue weighted by molar-refractivity contribution is -0.870. The van der Waals surface area contributed by atoms with Crippen LogP contribution in [0.5, 0.6) is 0 Å². The van der Waals surface area contributed by atoms with Crippen LogP contribution in [-0.4, -0.2) is 73.9 Å². The number of hydrogen-bond donors (Lipinski definition) is 1. The van der Waals surface area contributed by atoms with Crippen molar-refractivity contribution in [1.82, 2.24) is 0 Å². The molecule has 7 nitrogen and oxygen atoms in total. The first kappa shape index (κ1) is 52.0. The van der Waals surface area contributed by atoms with Gasteiger partial charge in [0.05, 0.1) is 39.6 Å². The van der Waals surface area contributed by atoms with E-state index >= 15 is 0 Å². The van der Waals surface area contributed by atoms with Gasteiger partial charge in [0.25, 0.3) is 0 Å². The number of likely N-dealkylation sites (N-methyl/N-ethyl adjacent to an activating group) is 1. The third-order valence-corrected chi connectivity index (χ3v) is 11.0. The van der Waals surface area contributed by atoms with Crippen LogP contribution < -0.4 is 0 Å². The first-order valence-electron chi connectivity index (χ1n) is 21.4. The van der Waals surface area contributed by atoms with Crippen LogP contribution in [0.4, 0.5) is 0 Å². The van der Waals surface area contributed by atoms with Crippen molar-refractivity contribution >= 4 is 24.7 Å². The minimum atomic E-state index is -4.22. The van der Waals surface area contributed by atoms with Gasteiger partial charge in [-0.25, -0.2) is 4.57 Å². The van der Waals surface area contributed by atoms with Crippen molar-refractivity contribution < 1.29 is 32.5 Å². The number of unbranched alkanes of at least 4 members (excludes halogenated alkanes) is 17. The molecule has 310 valence electrons. The van der Waals surface area contributed by atoms with E-state index in [1.54, 1.807) is 0 Å². The molecular formula is C44H83NO6PS+. The van der Waals surface area contributed by atoms with E-state index in [9.17, 15) is 14.3 Å². The molecule has 0 rings (SSSR count). The summed E-state index contributed by atoms with van der Waals surface area (Å²) in [6, 6.07) is 0. The molecule has 9 heteroatoms. The topological polar surface area (TPSA) is 82.1 Å². The minimum absolute atomic E-state index is 0.0494. The molecule has 1 N–H and O–H groups in total. The summed E-state index contributed by atoms with van der Waals surface area (Å²) in [5.41, 5.74) is 0. The van der Waals surface area contributed by atoms with Crippen molar-refractivity contribution in [3.05, 3.63) is 48.6 Å². The second-order valence-electron chi connectivity index (χ2n) is 15.4. The summed E-state index contributed by atoms with van der Waals surface area (Å²) in [7, 11) is 1.75. The van der Waals surface area contributed by atoms with E-state index in [1.165, 1.54) is 103 Å². The molecule has 1 unspecified atom stereocenters. The van der Waals surface area contributed by atoms with Crippen LogP contribution in [-0.2, 0) is 23.1 Å². The van der Waals surface area contributed by atoms with E-state index in [1.807, 2.05) is 21.1 Å². The van der Waals surface area contributed by atoms with Gasteiger partial charge in [-0.2, -0.15) is 0 Å². The molecule has 0 aliphatic heterocycles. The summed E-state index contributed by atoms with van der Waals surface area (Å²) in [6.45, 7) is 6.03. The maximum atomic E-state index is 12.8. The lowest BCUT2D eigenvalue weighted by Gasteiger charge is -2.24. The van der Waals surface area contributed by atoms with Gasteiger partial charge in [0, 0.05) is 13.0 Å². The van der Waals surface area contributed by atoms with Crippen LogP contribution in [0.15, 0.2) is 48.6 Å². The Kier molecular flexibility index (Phi) is 37.2. The number of nitrogens with zero attached hydrogens (tertiary/aromatic N) is 1. The van der Waals surface area contributed by atoms with Crippen molar-refractivity contribution in [3.8, 4) is 0 Å². The zero-order valence-corrected chi connectivity index (χ0v) is 36.7. The zero-order valence-electron chi connectivity index (χ0n) is 35.0. The number of ether oxygens (including phenoxy) is 1. The first-order valence-corrected chi connectivity index (χ1v) is 23.8. The first-order chi connectivity index (χ1) is 25.6. The molecule has 0 saturated heterocycles. The number of rotatable bonds is 39. The predicted octanol–water partition coefficient (Wildman–Crippen LogP) is 13.1. The van der Waals surface area contributed by atoms with E-state index < -0.39 is 7.82 Å². The fourth-order valence-electron chi connectivity index (χ4n) is 5.54. The van der Waals surface area contributed by atoms with E-state index in [0.717, 1.165) is 56.7 Å². The molecule has 0 amide bonds. The number of phosphoric ester groups is 1. The largest absolute Gasteiger partial charge is 0.472 e. The molecule has 0 aliphatic rings. The highest BCUT2D eigenvalue weighted by molar-refractivity contribution is 8.14. The summed E-state index contributed by atoms with van der Waals surface area (Å²) in [6.07, 6.45) is 45.9. The Hall–Kier alpha value is -0.990. The number of carbonyl (C=O) groups excluding carboxylic acids is 1. The number of thioether (sulfide) groups is 1. The summed E-state index contributed by atoms with van der Waals surface area (Å²) in [4.78, 5) is 23.1. The number of phosphoric acid groups is 1. The van der Waals surface area contributed by atoms with Crippen LogP contribution in [0.3, 0.4) is 0 Å². The smallest absolute Gasteiger partial charge is 0.380 e. The number of quaternary nitrogens is 1. The van der Waals surface area contributed by atoms with Crippen LogP contribution >= 0.6 is 19.6 Å². The molecule has 0 radical (unpaired) electrons. The molecule has 0 aromatic rings. The Morgan fingerprint density at radius 2 is 1.06 bits per heavy atom. The Bertz CT molecular complexity index is 993. The summed E-state index contributed by atoms with van der Waals surface area (Å²) in [5, 5.41) is -0.318. The molecule has 0 aromatic heterocycles. The highest BCUT2D eigenvalue weighted by Gasteiger charge is 2.26. The van der Waals surface area contributed by atoms with E-state index in [0.29, 0.717) is 30.7 Å². The van der Waals surface area contributed by atoms with Crippen molar-refractivity contribution in [1.29, 1.82) is 0 Å². The van der Waals surface area contributed by atoms with Crippen molar-refractivity contribution in [3.63, 3.8) is 0 Å². The van der Waals surface area contributed by atoms with Crippen molar-refractivity contribution in [2.24, 2.45) is 0 Å². The van der Waals surface area contributed by atoms with Gasteiger partial charge < -0.3 is 14.1 Å². The monoisotopic (exact) mass is 785 g/mol. The zero-order chi connectivity index (χ0) is 39.1. The molecule has 0 aliphatic carbocycles. The molecule has 0 heterocycles. The van der Waals surface area contributed by atoms with Gasteiger partial charge in [-0.15, -0.1) is 0 Å². The minimum Gasteiger partial charge on any atom is -0.380 e. The molecule has 2 atom stereocenters. The lowest BCUT2D eigenvalue weighted by atomic mass is 10.0. The fourth-order valence-corrected chi connectivity index (χ4v) is 7.33. The van der Waals surface area contributed by atoms with Gasteiger partial charge >= 0.3 is 7.82 Å². The van der Waals surface area contributed by atoms with Crippen LogP contribution in [0.1, 0.15) is 168 Å². The molecule has 53 heavy (non-hydrogen) atoms. The Morgan fingerprint density at radius 3 is 1.57 bits per heavy atom. The summed E-state index contributed by atoms with van der Waals surface area (Å²) in [5.74, 6) is 0. The van der Waals surface area contributed by atoms with E-state index in [2.05, 4.69) is 62.5 Å². The molecule has 0 bridgehead atoms. The Labute approximate surface area is 332 Å². The predicted molar refractivity (Wildman–Crippen MR) is 231 cm³/mol. The van der Waals surface area contributed by atoms with Gasteiger partial charge in [0.2, 0.25) is 0 Å². The molecule has 0 fully saturated rings. The SMILES string of the molecule is CCCCC/C=C/C/C=C/C/C=C/C/C=C/CCCC(=O)S[C@@H](COCCCCCCCCCCCCCCCC)COP(=O)(O)OCC[N+](C)(C)C. The molecule has 0 saturated carbocycles. The average molecular weight is 785 g/mol. The highest BCUT2D eigenvalue weighted by atomic mass is 32.2. The fraction of sp³-hybridized carbons (Fsp3) is 0.795. The van der Waals surface area contributed by atoms with Crippen molar-refractivity contribution in [2.45, 2.75) is 173 Å². The van der Waals surface area contributed by atoms with Gasteiger partial charge in [-0.1, -0.05) is 171 Å². The second kappa shape index (κ2) is 37.9. The normalized spacial score (nSPS) is 14.4. The van der Waals surface area contributed by atoms with Gasteiger partial charge in [0.15, 0.2) is 5.12 Å². The maximum Gasteiger partial charge on any atom is 0.472 e. The van der Waals surface area contributed by atoms with Crippen LogP contribution in [0.25, 0.3) is 0 Å². The highest BCUT2D eigenvalue weighted by Crippen LogP contribution is 2.43. The van der Waals surface area contributed by atoms with Crippen LogP contribution in [0, 0.1) is 0 Å². The van der Waals surface area contributed by atoms with Gasteiger partial charge in [-0.3, -0.25) is 13.8 Å². The van der Waals surface area contributed by atoms with Gasteiger partial charge in [0.1, 0.15) is 13.2 Å². The van der Waals surface area contributed by atoms with E-state index in [-0.39, 0.29) is 23.6 Å². The third-order valence-electron chi connectivity index (χ3n) is 8.89. The van der Waals surface area contributed by atoms with E-state index in [4.69, 9.17) is 13.8 Å². The average Bonchev–Trinajstić information content (AvgIpc) is 3.11. The number of hydrogen-bond acceptors (Lipinski definition) is 6. The third kappa shape index (κ3) is 42.0. The summed E-state index contributed by atoms with van der Waals surface area (Å²) >= 11 is 1.16. The number of allylic oxidation sites excluding steroid dienone is 8. The number of carbonyl (C=O) groups is 1. The lowest BCUT2D eigenvalue weighted by Crippen LogP contribution is -2.37. The maximum absolute atomic E-state index is 12.8. The molecule has 0 spiro atoms. The molecule has 0 aromatic carbocycles. The van der Waals surface area contributed by atoms with Crippen molar-refractivity contribution in [2.75, 3.05) is 54.1 Å². The Morgan fingerprint density at radius 1 is 0.604 bits per heavy atom. The Balaban J connectivity index is 4.36. The summed E-state index contributed by atoms with van der Waals surface area (Å²) < 4.78 is 29.6. The molecular weight excluding hydrogens is 702 g/mol.